The van der Waals surface area contributed by atoms with Crippen LogP contribution in [-0.4, -0.2) is 42.4 Å². The fourth-order valence-corrected chi connectivity index (χ4v) is 3.60. The number of Topliss-reactive ketones (excluding diaryl/α,β-unsaturated/α-hetero) is 2. The number of carbonyl (C=O) groups excluding carboxylic acids is 2. The van der Waals surface area contributed by atoms with Gasteiger partial charge in [-0.1, -0.05) is 13.8 Å². The highest BCUT2D eigenvalue weighted by Crippen LogP contribution is 2.59. The summed E-state index contributed by atoms with van der Waals surface area (Å²) < 4.78 is 5.98. The van der Waals surface area contributed by atoms with Gasteiger partial charge in [-0.05, 0) is 32.1 Å². The molecule has 2 aliphatic rings. The number of hydrogen-bond acceptors (Lipinski definition) is 5. The van der Waals surface area contributed by atoms with E-state index in [0.717, 1.165) is 12.8 Å². The number of carbonyl (C=O) groups is 2. The summed E-state index contributed by atoms with van der Waals surface area (Å²) in [6, 6.07) is -0.218. The first-order valence-corrected chi connectivity index (χ1v) is 7.67. The van der Waals surface area contributed by atoms with Crippen LogP contribution in [0.5, 0.6) is 0 Å². The van der Waals surface area contributed by atoms with Crippen LogP contribution in [0.2, 0.25) is 0 Å². The van der Waals surface area contributed by atoms with Crippen LogP contribution in [0.15, 0.2) is 0 Å². The highest BCUT2D eigenvalue weighted by Gasteiger charge is 2.67. The van der Waals surface area contributed by atoms with Crippen molar-refractivity contribution in [2.24, 2.45) is 17.6 Å². The molecule has 0 bridgehead atoms. The zero-order valence-electron chi connectivity index (χ0n) is 12.6. The SMILES string of the molecule is CCC(NCCN)C(=O)[C@H]1OC(CC)(C(C)=O)C2CC21. The Hall–Kier alpha value is -0.780. The molecule has 3 N–H and O–H groups in total. The van der Waals surface area contributed by atoms with Crippen molar-refractivity contribution in [2.75, 3.05) is 13.1 Å². The van der Waals surface area contributed by atoms with E-state index in [1.165, 1.54) is 0 Å². The second kappa shape index (κ2) is 5.92. The van der Waals surface area contributed by atoms with Crippen LogP contribution in [0.25, 0.3) is 0 Å². The lowest BCUT2D eigenvalue weighted by Gasteiger charge is -2.29. The van der Waals surface area contributed by atoms with Crippen LogP contribution < -0.4 is 11.1 Å². The number of rotatable bonds is 8. The van der Waals surface area contributed by atoms with Gasteiger partial charge in [0.05, 0.1) is 6.04 Å². The lowest BCUT2D eigenvalue weighted by atomic mass is 9.90. The molecule has 2 fully saturated rings. The minimum Gasteiger partial charge on any atom is -0.356 e. The minimum absolute atomic E-state index is 0.0609. The molecule has 2 rings (SSSR count). The third-order valence-electron chi connectivity index (χ3n) is 4.85. The van der Waals surface area contributed by atoms with Crippen molar-refractivity contribution in [2.45, 2.75) is 57.8 Å². The van der Waals surface area contributed by atoms with E-state index in [1.54, 1.807) is 6.92 Å². The third-order valence-corrected chi connectivity index (χ3v) is 4.85. The maximum atomic E-state index is 12.6. The minimum atomic E-state index is -0.711. The van der Waals surface area contributed by atoms with Gasteiger partial charge in [-0.25, -0.2) is 0 Å². The molecule has 1 saturated carbocycles. The van der Waals surface area contributed by atoms with Crippen molar-refractivity contribution in [3.63, 3.8) is 0 Å². The fraction of sp³-hybridized carbons (Fsp3) is 0.867. The molecule has 1 aliphatic heterocycles. The smallest absolute Gasteiger partial charge is 0.178 e. The molecular formula is C15H26N2O3. The number of ether oxygens (including phenoxy) is 1. The molecule has 1 heterocycles. The molecule has 5 nitrogen and oxygen atoms in total. The maximum Gasteiger partial charge on any atom is 0.178 e. The Morgan fingerprint density at radius 2 is 2.15 bits per heavy atom. The predicted molar refractivity (Wildman–Crippen MR) is 76.3 cm³/mol. The highest BCUT2D eigenvalue weighted by atomic mass is 16.5. The van der Waals surface area contributed by atoms with Crippen LogP contribution in [0.3, 0.4) is 0 Å². The number of hydrogen-bond donors (Lipinski definition) is 2. The van der Waals surface area contributed by atoms with Gasteiger partial charge in [0.2, 0.25) is 0 Å². The second-order valence-electron chi connectivity index (χ2n) is 5.95. The molecule has 5 heteroatoms. The van der Waals surface area contributed by atoms with E-state index in [1.807, 2.05) is 13.8 Å². The van der Waals surface area contributed by atoms with Crippen LogP contribution >= 0.6 is 0 Å². The van der Waals surface area contributed by atoms with Crippen LogP contribution in [-0.2, 0) is 14.3 Å². The summed E-state index contributed by atoms with van der Waals surface area (Å²) in [5.74, 6) is 0.627. The van der Waals surface area contributed by atoms with Gasteiger partial charge >= 0.3 is 0 Å². The molecular weight excluding hydrogens is 256 g/mol. The topological polar surface area (TPSA) is 81.4 Å². The third kappa shape index (κ3) is 2.43. The number of nitrogens with one attached hydrogen (secondary N) is 1. The number of fused-ring (bicyclic) bond motifs is 1. The van der Waals surface area contributed by atoms with Crippen molar-refractivity contribution < 1.29 is 14.3 Å². The normalized spacial score (nSPS) is 36.5. The quantitative estimate of drug-likeness (QED) is 0.683. The van der Waals surface area contributed by atoms with E-state index in [4.69, 9.17) is 10.5 Å². The number of ketones is 2. The van der Waals surface area contributed by atoms with E-state index in [0.29, 0.717) is 19.5 Å². The van der Waals surface area contributed by atoms with Gasteiger partial charge in [-0.2, -0.15) is 0 Å². The average Bonchev–Trinajstić information content (AvgIpc) is 3.15. The molecule has 0 aromatic rings. The molecule has 0 radical (unpaired) electrons. The molecule has 20 heavy (non-hydrogen) atoms. The monoisotopic (exact) mass is 282 g/mol. The van der Waals surface area contributed by atoms with Gasteiger partial charge < -0.3 is 15.8 Å². The summed E-state index contributed by atoms with van der Waals surface area (Å²) in [7, 11) is 0. The summed E-state index contributed by atoms with van der Waals surface area (Å²) in [5, 5.41) is 3.17. The molecule has 0 spiro atoms. The van der Waals surface area contributed by atoms with Crippen LogP contribution in [0, 0.1) is 11.8 Å². The zero-order valence-corrected chi connectivity index (χ0v) is 12.6. The average molecular weight is 282 g/mol. The molecule has 0 aromatic heterocycles. The molecule has 114 valence electrons. The molecule has 1 aliphatic carbocycles. The Labute approximate surface area is 120 Å². The van der Waals surface area contributed by atoms with E-state index in [9.17, 15) is 9.59 Å². The Kier molecular flexibility index (Phi) is 4.62. The van der Waals surface area contributed by atoms with Crippen molar-refractivity contribution in [3.8, 4) is 0 Å². The van der Waals surface area contributed by atoms with Gasteiger partial charge in [0.25, 0.3) is 0 Å². The lowest BCUT2D eigenvalue weighted by molar-refractivity contribution is -0.154. The summed E-state index contributed by atoms with van der Waals surface area (Å²) >= 11 is 0. The predicted octanol–water partition coefficient (Wildman–Crippen LogP) is 0.655. The molecule has 4 unspecified atom stereocenters. The zero-order chi connectivity index (χ0) is 14.9. The van der Waals surface area contributed by atoms with Gasteiger partial charge in [0.15, 0.2) is 11.6 Å². The fourth-order valence-electron chi connectivity index (χ4n) is 3.60. The number of nitrogens with two attached hydrogens (primary N) is 1. The lowest BCUT2D eigenvalue weighted by Crippen LogP contribution is -2.47. The van der Waals surface area contributed by atoms with Crippen molar-refractivity contribution in [1.82, 2.24) is 5.32 Å². The summed E-state index contributed by atoms with van der Waals surface area (Å²) in [5.41, 5.74) is 4.76. The van der Waals surface area contributed by atoms with Crippen molar-refractivity contribution >= 4 is 11.6 Å². The molecule has 0 aromatic carbocycles. The van der Waals surface area contributed by atoms with Crippen LogP contribution in [0.4, 0.5) is 0 Å². The summed E-state index contributed by atoms with van der Waals surface area (Å²) in [4.78, 5) is 24.6. The standard InChI is InChI=1S/C15H26N2O3/c1-4-12(17-7-6-16)13(19)14-10-8-11(10)15(5-2,20-14)9(3)18/h10-12,14,17H,4-8,16H2,1-3H3/t10?,11?,12?,14-,15?/m0/s1. The molecule has 5 atom stereocenters. The summed E-state index contributed by atoms with van der Waals surface area (Å²) in [6.07, 6.45) is 1.89. The Morgan fingerprint density at radius 3 is 2.60 bits per heavy atom. The Bertz CT molecular complexity index is 399. The first kappa shape index (κ1) is 15.6. The Morgan fingerprint density at radius 1 is 1.45 bits per heavy atom. The summed E-state index contributed by atoms with van der Waals surface area (Å²) in [6.45, 7) is 6.65. The van der Waals surface area contributed by atoms with E-state index in [2.05, 4.69) is 5.32 Å². The largest absolute Gasteiger partial charge is 0.356 e. The Balaban J connectivity index is 2.08. The van der Waals surface area contributed by atoms with E-state index in [-0.39, 0.29) is 29.4 Å². The molecule has 0 amide bonds. The van der Waals surface area contributed by atoms with Gasteiger partial charge in [0, 0.05) is 19.0 Å². The van der Waals surface area contributed by atoms with Gasteiger partial charge in [-0.3, -0.25) is 9.59 Å². The first-order valence-electron chi connectivity index (χ1n) is 7.67. The first-order chi connectivity index (χ1) is 9.51. The van der Waals surface area contributed by atoms with Gasteiger partial charge in [-0.15, -0.1) is 0 Å². The second-order valence-corrected chi connectivity index (χ2v) is 5.95. The van der Waals surface area contributed by atoms with E-state index < -0.39 is 11.7 Å². The van der Waals surface area contributed by atoms with Crippen LogP contribution in [0.1, 0.15) is 40.0 Å². The van der Waals surface area contributed by atoms with Crippen molar-refractivity contribution in [1.29, 1.82) is 0 Å². The van der Waals surface area contributed by atoms with Crippen molar-refractivity contribution in [3.05, 3.63) is 0 Å². The molecule has 1 saturated heterocycles. The van der Waals surface area contributed by atoms with E-state index >= 15 is 0 Å². The maximum absolute atomic E-state index is 12.6. The highest BCUT2D eigenvalue weighted by molar-refractivity contribution is 5.92. The van der Waals surface area contributed by atoms with Gasteiger partial charge in [0.1, 0.15) is 11.7 Å².